The van der Waals surface area contributed by atoms with Crippen LogP contribution >= 0.6 is 33.9 Å². The van der Waals surface area contributed by atoms with E-state index < -0.39 is 0 Å². The first-order valence-electron chi connectivity index (χ1n) is 8.40. The summed E-state index contributed by atoms with van der Waals surface area (Å²) in [5, 5.41) is 4.96. The van der Waals surface area contributed by atoms with Crippen molar-refractivity contribution in [2.24, 2.45) is 5.10 Å². The van der Waals surface area contributed by atoms with Gasteiger partial charge in [-0.25, -0.2) is 9.78 Å². The number of hydrogen-bond acceptors (Lipinski definition) is 6. The van der Waals surface area contributed by atoms with E-state index >= 15 is 0 Å². The first kappa shape index (κ1) is 18.6. The van der Waals surface area contributed by atoms with E-state index in [4.69, 9.17) is 4.74 Å². The number of ether oxygens (including phenoxy) is 1. The number of carbonyl (C=O) groups excluding carboxylic acids is 1. The highest BCUT2D eigenvalue weighted by atomic mass is 127. The topological polar surface area (TPSA) is 63.6 Å². The van der Waals surface area contributed by atoms with E-state index in [1.165, 1.54) is 0 Å². The number of nitrogens with zero attached hydrogens (tertiary/aromatic N) is 2. The van der Waals surface area contributed by atoms with Crippen molar-refractivity contribution in [3.05, 3.63) is 87.5 Å². The van der Waals surface area contributed by atoms with Crippen LogP contribution in [0.4, 0.5) is 5.13 Å². The molecule has 0 atom stereocenters. The lowest BCUT2D eigenvalue weighted by atomic mass is 10.2. The van der Waals surface area contributed by atoms with E-state index in [0.717, 1.165) is 24.5 Å². The smallest absolute Gasteiger partial charge is 0.344 e. The third-order valence-electron chi connectivity index (χ3n) is 3.85. The summed E-state index contributed by atoms with van der Waals surface area (Å²) in [6.45, 7) is 0. The van der Waals surface area contributed by atoms with Crippen molar-refractivity contribution >= 4 is 61.5 Å². The molecule has 0 amide bonds. The Balaban J connectivity index is 1.38. The summed E-state index contributed by atoms with van der Waals surface area (Å²) in [6, 6.07) is 22.4. The van der Waals surface area contributed by atoms with Crippen molar-refractivity contribution in [2.45, 2.75) is 0 Å². The van der Waals surface area contributed by atoms with E-state index in [9.17, 15) is 4.79 Å². The van der Waals surface area contributed by atoms with Gasteiger partial charge in [0.25, 0.3) is 0 Å². The number of anilines is 1. The van der Waals surface area contributed by atoms with E-state index in [1.54, 1.807) is 35.8 Å². The maximum Gasteiger partial charge on any atom is 0.344 e. The number of carbonyl (C=O) groups is 1. The molecule has 0 bridgehead atoms. The molecule has 0 aliphatic rings. The number of hydrazone groups is 1. The van der Waals surface area contributed by atoms with E-state index in [0.29, 0.717) is 11.3 Å². The Bertz CT molecular complexity index is 1120. The number of esters is 1. The number of rotatable bonds is 5. The quantitative estimate of drug-likeness (QED) is 0.128. The average Bonchev–Trinajstić information content (AvgIpc) is 3.12. The zero-order chi connectivity index (χ0) is 19.3. The molecule has 1 aromatic heterocycles. The third kappa shape index (κ3) is 4.37. The third-order valence-corrected chi connectivity index (χ3v) is 5.73. The van der Waals surface area contributed by atoms with Crippen LogP contribution in [0.2, 0.25) is 0 Å². The zero-order valence-electron chi connectivity index (χ0n) is 14.5. The van der Waals surface area contributed by atoms with E-state index in [2.05, 4.69) is 38.1 Å². The van der Waals surface area contributed by atoms with Gasteiger partial charge >= 0.3 is 5.97 Å². The fraction of sp³-hybridized carbons (Fsp3) is 0. The van der Waals surface area contributed by atoms with Crippen LogP contribution in [0.1, 0.15) is 15.9 Å². The molecule has 0 spiro atoms. The van der Waals surface area contributed by atoms with Crippen molar-refractivity contribution < 1.29 is 9.53 Å². The van der Waals surface area contributed by atoms with Gasteiger partial charge in [-0.2, -0.15) is 5.10 Å². The Hall–Kier alpha value is -2.78. The Morgan fingerprint density at radius 1 is 1.04 bits per heavy atom. The van der Waals surface area contributed by atoms with Crippen molar-refractivity contribution in [3.63, 3.8) is 0 Å². The summed E-state index contributed by atoms with van der Waals surface area (Å²) in [4.78, 5) is 16.7. The minimum Gasteiger partial charge on any atom is -0.423 e. The first-order valence-corrected chi connectivity index (χ1v) is 10.3. The molecule has 7 heteroatoms. The summed E-state index contributed by atoms with van der Waals surface area (Å²) >= 11 is 3.66. The number of benzene rings is 3. The Morgan fingerprint density at radius 2 is 1.79 bits per heavy atom. The molecule has 0 fully saturated rings. The van der Waals surface area contributed by atoms with E-state index in [1.807, 2.05) is 54.6 Å². The molecule has 4 rings (SSSR count). The number of aromatic nitrogens is 1. The molecule has 138 valence electrons. The number of para-hydroxylation sites is 1. The number of fused-ring (bicyclic) bond motifs is 1. The molecular weight excluding hydrogens is 485 g/mol. The van der Waals surface area contributed by atoms with Gasteiger partial charge in [-0.05, 0) is 76.7 Å². The van der Waals surface area contributed by atoms with E-state index in [-0.39, 0.29) is 5.97 Å². The standard InChI is InChI=1S/C21H14IN3O2S/c22-17-6-2-1-5-16(17)20(26)27-15-11-9-14(10-12-15)13-23-25-21-24-18-7-3-4-8-19(18)28-21/h1-13H,(H,24,25)/b23-13+. The minimum atomic E-state index is -0.371. The second kappa shape index (κ2) is 8.49. The summed E-state index contributed by atoms with van der Waals surface area (Å²) < 4.78 is 7.40. The summed E-state index contributed by atoms with van der Waals surface area (Å²) in [6.07, 6.45) is 1.69. The van der Waals surface area contributed by atoms with Crippen LogP contribution in [0.25, 0.3) is 10.2 Å². The Morgan fingerprint density at radius 3 is 2.57 bits per heavy atom. The van der Waals surface area contributed by atoms with Crippen molar-refractivity contribution in [1.29, 1.82) is 0 Å². The second-order valence-electron chi connectivity index (χ2n) is 5.80. The maximum absolute atomic E-state index is 12.3. The summed E-state index contributed by atoms with van der Waals surface area (Å²) in [5.74, 6) is 0.116. The number of hydrogen-bond donors (Lipinski definition) is 1. The molecule has 1 N–H and O–H groups in total. The molecule has 4 aromatic rings. The molecule has 0 aliphatic carbocycles. The summed E-state index contributed by atoms with van der Waals surface area (Å²) in [7, 11) is 0. The zero-order valence-corrected chi connectivity index (χ0v) is 17.5. The van der Waals surface area contributed by atoms with Crippen molar-refractivity contribution in [1.82, 2.24) is 4.98 Å². The molecule has 1 heterocycles. The first-order chi connectivity index (χ1) is 13.7. The van der Waals surface area contributed by atoms with Gasteiger partial charge in [-0.15, -0.1) is 0 Å². The van der Waals surface area contributed by atoms with Crippen LogP contribution in [0.15, 0.2) is 77.9 Å². The monoisotopic (exact) mass is 499 g/mol. The van der Waals surface area contributed by atoms with Crippen molar-refractivity contribution in [3.8, 4) is 5.75 Å². The minimum absolute atomic E-state index is 0.371. The lowest BCUT2D eigenvalue weighted by Crippen LogP contribution is -2.10. The molecule has 3 aromatic carbocycles. The van der Waals surface area contributed by atoms with Gasteiger partial charge in [0.15, 0.2) is 0 Å². The lowest BCUT2D eigenvalue weighted by molar-refractivity contribution is 0.0733. The molecule has 0 unspecified atom stereocenters. The molecular formula is C21H14IN3O2S. The van der Waals surface area contributed by atoms with Gasteiger partial charge in [0.05, 0.1) is 22.0 Å². The van der Waals surface area contributed by atoms with Gasteiger partial charge < -0.3 is 4.74 Å². The maximum atomic E-state index is 12.3. The molecule has 0 radical (unpaired) electrons. The lowest BCUT2D eigenvalue weighted by Gasteiger charge is -2.06. The SMILES string of the molecule is O=C(Oc1ccc(/C=N/Nc2nc3ccccc3s2)cc1)c1ccccc1I. The van der Waals surface area contributed by atoms with Crippen LogP contribution < -0.4 is 10.2 Å². The Kier molecular flexibility index (Phi) is 5.63. The van der Waals surface area contributed by atoms with Gasteiger partial charge in [-0.1, -0.05) is 35.6 Å². The second-order valence-corrected chi connectivity index (χ2v) is 7.99. The molecule has 0 saturated carbocycles. The van der Waals surface area contributed by atoms with Gasteiger partial charge in [0.1, 0.15) is 5.75 Å². The van der Waals surface area contributed by atoms with Gasteiger partial charge in [0, 0.05) is 3.57 Å². The highest BCUT2D eigenvalue weighted by molar-refractivity contribution is 14.1. The predicted molar refractivity (Wildman–Crippen MR) is 121 cm³/mol. The van der Waals surface area contributed by atoms with Gasteiger partial charge in [-0.3, -0.25) is 5.43 Å². The molecule has 28 heavy (non-hydrogen) atoms. The number of nitrogens with one attached hydrogen (secondary N) is 1. The van der Waals surface area contributed by atoms with Crippen LogP contribution in [-0.4, -0.2) is 17.2 Å². The average molecular weight is 499 g/mol. The van der Waals surface area contributed by atoms with Crippen LogP contribution in [0, 0.1) is 3.57 Å². The number of thiazole rings is 1. The highest BCUT2D eigenvalue weighted by Crippen LogP contribution is 2.25. The molecule has 0 saturated heterocycles. The summed E-state index contributed by atoms with van der Waals surface area (Å²) in [5.41, 5.74) is 5.32. The molecule has 5 nitrogen and oxygen atoms in total. The normalized spacial score (nSPS) is 11.0. The van der Waals surface area contributed by atoms with Crippen LogP contribution in [-0.2, 0) is 0 Å². The van der Waals surface area contributed by atoms with Gasteiger partial charge in [0.2, 0.25) is 5.13 Å². The fourth-order valence-corrected chi connectivity index (χ4v) is 3.92. The largest absolute Gasteiger partial charge is 0.423 e. The predicted octanol–water partition coefficient (Wildman–Crippen LogP) is 5.57. The fourth-order valence-electron chi connectivity index (χ4n) is 2.49. The molecule has 0 aliphatic heterocycles. The van der Waals surface area contributed by atoms with Crippen LogP contribution in [0.5, 0.6) is 5.75 Å². The van der Waals surface area contributed by atoms with Crippen molar-refractivity contribution in [2.75, 3.05) is 5.43 Å². The van der Waals surface area contributed by atoms with Crippen LogP contribution in [0.3, 0.4) is 0 Å². The highest BCUT2D eigenvalue weighted by Gasteiger charge is 2.11. The number of halogens is 1. The Labute approximate surface area is 179 Å².